The number of carbonyl (C=O) groups excluding carboxylic acids is 1. The van der Waals surface area contributed by atoms with Gasteiger partial charge in [0.25, 0.3) is 0 Å². The molecule has 0 bridgehead atoms. The number of carbonyl (C=O) groups is 1. The van der Waals surface area contributed by atoms with E-state index in [4.69, 9.17) is 0 Å². The average Bonchev–Trinajstić information content (AvgIpc) is 2.26. The molecular weight excluding hydrogens is 233 g/mol. The highest BCUT2D eigenvalue weighted by molar-refractivity contribution is 5.72. The van der Waals surface area contributed by atoms with Crippen LogP contribution in [0.3, 0.4) is 0 Å². The molecule has 0 aliphatic rings. The SMILES string of the molecule is CCOC(=O)CC=Cc1cc(F)c(F)cc1F. The predicted octanol–water partition coefficient (Wildman–Crippen LogP) is 3.07. The van der Waals surface area contributed by atoms with Crippen molar-refractivity contribution in [2.24, 2.45) is 0 Å². The van der Waals surface area contributed by atoms with Gasteiger partial charge in [-0.1, -0.05) is 12.2 Å². The second-order valence-corrected chi connectivity index (χ2v) is 3.20. The maximum absolute atomic E-state index is 13.1. The molecule has 5 heteroatoms. The summed E-state index contributed by atoms with van der Waals surface area (Å²) in [6, 6.07) is 1.19. The minimum Gasteiger partial charge on any atom is -0.466 e. The average molecular weight is 244 g/mol. The Hall–Kier alpha value is -1.78. The first-order valence-electron chi connectivity index (χ1n) is 5.01. The molecule has 92 valence electrons. The van der Waals surface area contributed by atoms with Crippen LogP contribution in [0.4, 0.5) is 13.2 Å². The van der Waals surface area contributed by atoms with E-state index < -0.39 is 23.4 Å². The quantitative estimate of drug-likeness (QED) is 0.601. The minimum atomic E-state index is -1.25. The second kappa shape index (κ2) is 6.08. The van der Waals surface area contributed by atoms with E-state index in [1.165, 1.54) is 12.2 Å². The smallest absolute Gasteiger partial charge is 0.309 e. The van der Waals surface area contributed by atoms with Crippen molar-refractivity contribution in [2.75, 3.05) is 6.61 Å². The van der Waals surface area contributed by atoms with Crippen LogP contribution < -0.4 is 0 Å². The van der Waals surface area contributed by atoms with Gasteiger partial charge in [0, 0.05) is 11.6 Å². The minimum absolute atomic E-state index is 0.0493. The molecule has 0 fully saturated rings. The summed E-state index contributed by atoms with van der Waals surface area (Å²) >= 11 is 0. The number of rotatable bonds is 4. The Morgan fingerprint density at radius 1 is 1.24 bits per heavy atom. The number of esters is 1. The van der Waals surface area contributed by atoms with Crippen LogP contribution in [-0.2, 0) is 9.53 Å². The van der Waals surface area contributed by atoms with E-state index in [9.17, 15) is 18.0 Å². The summed E-state index contributed by atoms with van der Waals surface area (Å²) in [5.41, 5.74) is -0.117. The van der Waals surface area contributed by atoms with Gasteiger partial charge < -0.3 is 4.74 Å². The van der Waals surface area contributed by atoms with E-state index >= 15 is 0 Å². The molecule has 0 heterocycles. The molecule has 0 atom stereocenters. The Bertz CT molecular complexity index is 442. The molecular formula is C12H11F3O2. The predicted molar refractivity (Wildman–Crippen MR) is 56.6 cm³/mol. The monoisotopic (exact) mass is 244 g/mol. The maximum atomic E-state index is 13.1. The lowest BCUT2D eigenvalue weighted by Crippen LogP contribution is -2.01. The molecule has 0 saturated carbocycles. The number of hydrogen-bond acceptors (Lipinski definition) is 2. The topological polar surface area (TPSA) is 26.3 Å². The van der Waals surface area contributed by atoms with Crippen molar-refractivity contribution < 1.29 is 22.7 Å². The normalized spacial score (nSPS) is 10.8. The van der Waals surface area contributed by atoms with Gasteiger partial charge in [-0.05, 0) is 13.0 Å². The zero-order valence-corrected chi connectivity index (χ0v) is 9.17. The lowest BCUT2D eigenvalue weighted by Gasteiger charge is -1.99. The van der Waals surface area contributed by atoms with Crippen LogP contribution >= 0.6 is 0 Å². The van der Waals surface area contributed by atoms with Crippen molar-refractivity contribution in [2.45, 2.75) is 13.3 Å². The molecule has 1 rings (SSSR count). The van der Waals surface area contributed by atoms with Crippen LogP contribution in [0.5, 0.6) is 0 Å². The van der Waals surface area contributed by atoms with Crippen molar-refractivity contribution in [3.8, 4) is 0 Å². The molecule has 17 heavy (non-hydrogen) atoms. The van der Waals surface area contributed by atoms with Gasteiger partial charge in [-0.2, -0.15) is 0 Å². The Balaban J connectivity index is 2.71. The number of ether oxygens (including phenoxy) is 1. The number of hydrogen-bond donors (Lipinski definition) is 0. The standard InChI is InChI=1S/C12H11F3O2/c1-2-17-12(16)5-3-4-8-6-10(14)11(15)7-9(8)13/h3-4,6-7H,2,5H2,1H3. The van der Waals surface area contributed by atoms with E-state index in [-0.39, 0.29) is 18.6 Å². The summed E-state index contributed by atoms with van der Waals surface area (Å²) < 4.78 is 43.2. The molecule has 1 aromatic carbocycles. The van der Waals surface area contributed by atoms with Crippen molar-refractivity contribution in [1.82, 2.24) is 0 Å². The van der Waals surface area contributed by atoms with Gasteiger partial charge in [-0.3, -0.25) is 4.79 Å². The first-order valence-corrected chi connectivity index (χ1v) is 5.01. The highest BCUT2D eigenvalue weighted by Gasteiger charge is 2.07. The van der Waals surface area contributed by atoms with Gasteiger partial charge >= 0.3 is 5.97 Å². The molecule has 0 unspecified atom stereocenters. The fourth-order valence-corrected chi connectivity index (χ4v) is 1.17. The number of halogens is 3. The van der Waals surface area contributed by atoms with Gasteiger partial charge in [-0.15, -0.1) is 0 Å². The van der Waals surface area contributed by atoms with E-state index in [1.54, 1.807) is 6.92 Å². The lowest BCUT2D eigenvalue weighted by molar-refractivity contribution is -0.142. The van der Waals surface area contributed by atoms with Gasteiger partial charge in [0.2, 0.25) is 0 Å². The van der Waals surface area contributed by atoms with Gasteiger partial charge in [0.05, 0.1) is 13.0 Å². The van der Waals surface area contributed by atoms with E-state index in [2.05, 4.69) is 4.74 Å². The molecule has 2 nitrogen and oxygen atoms in total. The molecule has 1 aromatic rings. The molecule has 0 spiro atoms. The molecule has 0 N–H and O–H groups in total. The fourth-order valence-electron chi connectivity index (χ4n) is 1.17. The summed E-state index contributed by atoms with van der Waals surface area (Å²) in [6.07, 6.45) is 2.48. The van der Waals surface area contributed by atoms with Crippen LogP contribution in [0.1, 0.15) is 18.9 Å². The van der Waals surface area contributed by atoms with Crippen molar-refractivity contribution in [3.05, 3.63) is 41.2 Å². The third kappa shape index (κ3) is 3.94. The zero-order valence-electron chi connectivity index (χ0n) is 9.17. The zero-order chi connectivity index (χ0) is 12.8. The van der Waals surface area contributed by atoms with E-state index in [1.807, 2.05) is 0 Å². The third-order valence-electron chi connectivity index (χ3n) is 1.93. The van der Waals surface area contributed by atoms with E-state index in [0.717, 1.165) is 6.07 Å². The Morgan fingerprint density at radius 3 is 2.53 bits per heavy atom. The van der Waals surface area contributed by atoms with Crippen LogP contribution in [0.2, 0.25) is 0 Å². The maximum Gasteiger partial charge on any atom is 0.309 e. The molecule has 0 aromatic heterocycles. The lowest BCUT2D eigenvalue weighted by atomic mass is 10.1. The molecule has 0 saturated heterocycles. The molecule has 0 radical (unpaired) electrons. The molecule has 0 amide bonds. The van der Waals surface area contributed by atoms with Crippen molar-refractivity contribution in [1.29, 1.82) is 0 Å². The Kier molecular flexibility index (Phi) is 4.75. The van der Waals surface area contributed by atoms with Gasteiger partial charge in [0.15, 0.2) is 11.6 Å². The first-order chi connectivity index (χ1) is 8.04. The highest BCUT2D eigenvalue weighted by atomic mass is 19.2. The summed E-state index contributed by atoms with van der Waals surface area (Å²) in [5.74, 6) is -3.73. The van der Waals surface area contributed by atoms with Gasteiger partial charge in [0.1, 0.15) is 5.82 Å². The summed E-state index contributed by atoms with van der Waals surface area (Å²) in [6.45, 7) is 1.92. The molecule has 0 aliphatic carbocycles. The summed E-state index contributed by atoms with van der Waals surface area (Å²) in [4.78, 5) is 10.9. The van der Waals surface area contributed by atoms with Crippen LogP contribution in [0.15, 0.2) is 18.2 Å². The van der Waals surface area contributed by atoms with Crippen molar-refractivity contribution >= 4 is 12.0 Å². The van der Waals surface area contributed by atoms with Crippen LogP contribution in [0.25, 0.3) is 6.08 Å². The summed E-state index contributed by atoms with van der Waals surface area (Å²) in [7, 11) is 0. The first kappa shape index (κ1) is 13.3. The molecule has 0 aliphatic heterocycles. The highest BCUT2D eigenvalue weighted by Crippen LogP contribution is 2.15. The Morgan fingerprint density at radius 2 is 1.88 bits per heavy atom. The van der Waals surface area contributed by atoms with Crippen molar-refractivity contribution in [3.63, 3.8) is 0 Å². The summed E-state index contributed by atoms with van der Waals surface area (Å²) in [5, 5.41) is 0. The number of benzene rings is 1. The van der Waals surface area contributed by atoms with E-state index in [0.29, 0.717) is 6.07 Å². The largest absolute Gasteiger partial charge is 0.466 e. The Labute approximate surface area is 96.7 Å². The van der Waals surface area contributed by atoms with Crippen LogP contribution in [0, 0.1) is 17.5 Å². The van der Waals surface area contributed by atoms with Gasteiger partial charge in [-0.25, -0.2) is 13.2 Å². The fraction of sp³-hybridized carbons (Fsp3) is 0.250. The second-order valence-electron chi connectivity index (χ2n) is 3.20. The van der Waals surface area contributed by atoms with Crippen LogP contribution in [-0.4, -0.2) is 12.6 Å². The third-order valence-corrected chi connectivity index (χ3v) is 1.93.